The van der Waals surface area contributed by atoms with Gasteiger partial charge < -0.3 is 19.4 Å². The molecule has 0 saturated carbocycles. The molecule has 31 heavy (non-hydrogen) atoms. The Bertz CT molecular complexity index is 536. The molecule has 0 amide bonds. The van der Waals surface area contributed by atoms with Gasteiger partial charge in [0.25, 0.3) is 0 Å². The first-order valence-electron chi connectivity index (χ1n) is 12.4. The zero-order chi connectivity index (χ0) is 23.6. The van der Waals surface area contributed by atoms with Crippen LogP contribution in [-0.2, 0) is 4.57 Å². The van der Waals surface area contributed by atoms with Crippen molar-refractivity contribution in [3.63, 3.8) is 0 Å². The van der Waals surface area contributed by atoms with E-state index in [1.807, 2.05) is 21.1 Å². The number of rotatable bonds is 20. The third-order valence-corrected chi connectivity index (χ3v) is 6.97. The molecule has 0 spiro atoms. The van der Waals surface area contributed by atoms with Crippen LogP contribution in [-0.4, -0.2) is 52.4 Å². The molecule has 184 valence electrons. The second-order valence-corrected chi connectivity index (χ2v) is 11.9. The fourth-order valence-electron chi connectivity index (χ4n) is 3.81. The molecular formula is C25H51NO4P+. The van der Waals surface area contributed by atoms with E-state index < -0.39 is 12.9 Å². The first kappa shape index (κ1) is 30.6. The number of nitrogens with zero attached hydrogens (tertiary/aromatic N) is 1. The molecule has 0 aliphatic rings. The Kier molecular flexibility index (Phi) is 16.8. The standard InChI is InChI=1S/C25H50NO4P/c1-5-6-7-8-9-10-11-12-13-14-15-16-17-18-19-20-21-22-23-25(27,31(28,29)30)24-26(2,3)4/h11-12,15-16,27H,5-10,13-14,17-24H2,1-4H3,(H-,28,29,30)/p+1/b12-11-,16-15-. The van der Waals surface area contributed by atoms with Gasteiger partial charge in [0.2, 0.25) is 5.34 Å². The average molecular weight is 461 g/mol. The highest BCUT2D eigenvalue weighted by Crippen LogP contribution is 2.52. The fraction of sp³-hybridized carbons (Fsp3) is 0.840. The lowest BCUT2D eigenvalue weighted by Crippen LogP contribution is -2.49. The molecule has 0 aromatic rings. The summed E-state index contributed by atoms with van der Waals surface area (Å²) in [6, 6.07) is 0. The van der Waals surface area contributed by atoms with Crippen LogP contribution >= 0.6 is 7.60 Å². The van der Waals surface area contributed by atoms with Gasteiger partial charge in [-0.2, -0.15) is 0 Å². The van der Waals surface area contributed by atoms with Crippen molar-refractivity contribution in [2.75, 3.05) is 27.7 Å². The van der Waals surface area contributed by atoms with Gasteiger partial charge in [-0.3, -0.25) is 4.57 Å². The number of hydrogen-bond acceptors (Lipinski definition) is 2. The summed E-state index contributed by atoms with van der Waals surface area (Å²) in [5, 5.41) is 8.61. The van der Waals surface area contributed by atoms with Gasteiger partial charge in [-0.1, -0.05) is 76.2 Å². The highest BCUT2D eigenvalue weighted by Gasteiger charge is 2.48. The summed E-state index contributed by atoms with van der Waals surface area (Å²) < 4.78 is 12.1. The van der Waals surface area contributed by atoms with Crippen molar-refractivity contribution in [1.29, 1.82) is 0 Å². The van der Waals surface area contributed by atoms with Crippen LogP contribution in [0.1, 0.15) is 103 Å². The topological polar surface area (TPSA) is 77.8 Å². The molecule has 0 fully saturated rings. The number of allylic oxidation sites excluding steroid dienone is 4. The third kappa shape index (κ3) is 17.7. The second-order valence-electron chi connectivity index (χ2n) is 10.0. The third-order valence-electron chi connectivity index (χ3n) is 5.53. The molecule has 0 heterocycles. The van der Waals surface area contributed by atoms with Crippen molar-refractivity contribution in [2.24, 2.45) is 0 Å². The normalized spacial score (nSPS) is 15.2. The second kappa shape index (κ2) is 17.1. The number of aliphatic hydroxyl groups is 1. The Morgan fingerprint density at radius 2 is 1.13 bits per heavy atom. The predicted octanol–water partition coefficient (Wildman–Crippen LogP) is 6.54. The molecule has 5 nitrogen and oxygen atoms in total. The Balaban J connectivity index is 3.73. The van der Waals surface area contributed by atoms with Crippen molar-refractivity contribution in [3.8, 4) is 0 Å². The molecule has 6 heteroatoms. The predicted molar refractivity (Wildman–Crippen MR) is 133 cm³/mol. The van der Waals surface area contributed by atoms with E-state index in [4.69, 9.17) is 0 Å². The first-order chi connectivity index (χ1) is 14.5. The summed E-state index contributed by atoms with van der Waals surface area (Å²) in [5.41, 5.74) is 0. The zero-order valence-electron chi connectivity index (χ0n) is 20.8. The van der Waals surface area contributed by atoms with E-state index in [2.05, 4.69) is 31.2 Å². The minimum atomic E-state index is -4.55. The van der Waals surface area contributed by atoms with Crippen LogP contribution in [0.25, 0.3) is 0 Å². The fourth-order valence-corrected chi connectivity index (χ4v) is 4.86. The van der Waals surface area contributed by atoms with Gasteiger partial charge in [-0.15, -0.1) is 0 Å². The van der Waals surface area contributed by atoms with E-state index in [1.165, 1.54) is 38.5 Å². The van der Waals surface area contributed by atoms with E-state index in [0.717, 1.165) is 44.9 Å². The summed E-state index contributed by atoms with van der Waals surface area (Å²) in [6.07, 6.45) is 25.4. The molecule has 0 aromatic carbocycles. The molecule has 1 unspecified atom stereocenters. The molecule has 0 aliphatic heterocycles. The van der Waals surface area contributed by atoms with Crippen LogP contribution in [0.2, 0.25) is 0 Å². The lowest BCUT2D eigenvalue weighted by Gasteiger charge is -2.35. The van der Waals surface area contributed by atoms with Crippen LogP contribution in [0.3, 0.4) is 0 Å². The van der Waals surface area contributed by atoms with Gasteiger partial charge in [0.1, 0.15) is 6.54 Å². The lowest BCUT2D eigenvalue weighted by molar-refractivity contribution is -0.875. The first-order valence-corrected chi connectivity index (χ1v) is 14.0. The van der Waals surface area contributed by atoms with Crippen molar-refractivity contribution in [1.82, 2.24) is 0 Å². The Morgan fingerprint density at radius 3 is 1.58 bits per heavy atom. The molecule has 0 saturated heterocycles. The van der Waals surface area contributed by atoms with E-state index in [0.29, 0.717) is 10.9 Å². The zero-order valence-corrected chi connectivity index (χ0v) is 21.7. The summed E-state index contributed by atoms with van der Waals surface area (Å²) in [4.78, 5) is 19.2. The van der Waals surface area contributed by atoms with Crippen molar-refractivity contribution < 1.29 is 23.9 Å². The maximum absolute atomic E-state index is 11.8. The largest absolute Gasteiger partial charge is 0.373 e. The van der Waals surface area contributed by atoms with Crippen molar-refractivity contribution in [3.05, 3.63) is 24.3 Å². The van der Waals surface area contributed by atoms with E-state index in [1.54, 1.807) is 0 Å². The van der Waals surface area contributed by atoms with Gasteiger partial charge in [-0.05, 0) is 51.4 Å². The van der Waals surface area contributed by atoms with E-state index in [-0.39, 0.29) is 13.0 Å². The maximum atomic E-state index is 11.8. The molecule has 3 N–H and O–H groups in total. The van der Waals surface area contributed by atoms with E-state index in [9.17, 15) is 19.5 Å². The summed E-state index contributed by atoms with van der Waals surface area (Å²) in [6.45, 7) is 2.30. The quantitative estimate of drug-likeness (QED) is 0.0834. The number of unbranched alkanes of at least 4 members (excludes halogenated alkanes) is 11. The van der Waals surface area contributed by atoms with Crippen LogP contribution in [0.4, 0.5) is 0 Å². The number of quaternary nitrogens is 1. The summed E-state index contributed by atoms with van der Waals surface area (Å²) >= 11 is 0. The van der Waals surface area contributed by atoms with Gasteiger partial charge in [0, 0.05) is 0 Å². The number of likely N-dealkylation sites (N-methyl/N-ethyl adjacent to an activating group) is 1. The molecular weight excluding hydrogens is 409 g/mol. The Labute approximate surface area is 192 Å². The molecule has 0 bridgehead atoms. The van der Waals surface area contributed by atoms with Gasteiger partial charge in [0.05, 0.1) is 21.1 Å². The van der Waals surface area contributed by atoms with Crippen LogP contribution in [0.15, 0.2) is 24.3 Å². The minimum Gasteiger partial charge on any atom is -0.373 e. The smallest absolute Gasteiger partial charge is 0.362 e. The number of hydrogen-bond donors (Lipinski definition) is 3. The molecule has 0 radical (unpaired) electrons. The van der Waals surface area contributed by atoms with Gasteiger partial charge in [0.15, 0.2) is 0 Å². The molecule has 0 aromatic heterocycles. The van der Waals surface area contributed by atoms with Gasteiger partial charge in [-0.25, -0.2) is 0 Å². The highest BCUT2D eigenvalue weighted by atomic mass is 31.2. The molecule has 0 rings (SSSR count). The monoisotopic (exact) mass is 460 g/mol. The molecule has 1 atom stereocenters. The van der Waals surface area contributed by atoms with Crippen LogP contribution < -0.4 is 0 Å². The van der Waals surface area contributed by atoms with E-state index >= 15 is 0 Å². The van der Waals surface area contributed by atoms with Crippen molar-refractivity contribution in [2.45, 2.75) is 109 Å². The Morgan fingerprint density at radius 1 is 0.710 bits per heavy atom. The van der Waals surface area contributed by atoms with Gasteiger partial charge >= 0.3 is 7.60 Å². The average Bonchev–Trinajstić information content (AvgIpc) is 2.65. The summed E-state index contributed by atoms with van der Waals surface area (Å²) in [7, 11) is 0.949. The van der Waals surface area contributed by atoms with Crippen LogP contribution in [0, 0.1) is 0 Å². The van der Waals surface area contributed by atoms with Crippen molar-refractivity contribution >= 4 is 7.60 Å². The minimum absolute atomic E-state index is 0.0518. The summed E-state index contributed by atoms with van der Waals surface area (Å²) in [5.74, 6) is 0. The Hall–Kier alpha value is -0.450. The lowest BCUT2D eigenvalue weighted by atomic mass is 10.1. The highest BCUT2D eigenvalue weighted by molar-refractivity contribution is 7.53. The molecule has 0 aliphatic carbocycles. The maximum Gasteiger partial charge on any atom is 0.362 e. The SMILES string of the molecule is CCCCCCC/C=C\CC/C=C\CCCCCCCC(O)(C[N+](C)(C)C)P(=O)(O)O. The van der Waals surface area contributed by atoms with Crippen LogP contribution in [0.5, 0.6) is 0 Å².